The van der Waals surface area contributed by atoms with Gasteiger partial charge >= 0.3 is 5.97 Å². The van der Waals surface area contributed by atoms with Gasteiger partial charge < -0.3 is 20.8 Å². The first kappa shape index (κ1) is 30.5. The van der Waals surface area contributed by atoms with Gasteiger partial charge in [0.25, 0.3) is 10.0 Å². The van der Waals surface area contributed by atoms with E-state index in [9.17, 15) is 31.9 Å². The monoisotopic (exact) mass is 567 g/mol. The Hall–Kier alpha value is -3.68. The lowest BCUT2D eigenvalue weighted by Crippen LogP contribution is -2.54. The molecule has 13 nitrogen and oxygen atoms in total. The average Bonchev–Trinajstić information content (AvgIpc) is 2.85. The standard InChI is InChI=1S/C23H29N5O8S2/c1-3-4-15-36-17-7-11-18(12-8-17)37(32,33)27-20(22(29)30)13-14-21(26-31)28(23(24)25)38(34,35)19-9-5-16(2)6-10-19/h5-12,20-21,26-27,31H,13-15H2,1-2H3,(H3,24,25)(H,29,30). The van der Waals surface area contributed by atoms with Gasteiger partial charge in [0.05, 0.1) is 9.79 Å². The van der Waals surface area contributed by atoms with E-state index in [1.807, 2.05) is 0 Å². The van der Waals surface area contributed by atoms with Gasteiger partial charge in [-0.05, 0) is 63.1 Å². The highest BCUT2D eigenvalue weighted by Crippen LogP contribution is 2.21. The van der Waals surface area contributed by atoms with E-state index in [-0.39, 0.29) is 16.4 Å². The summed E-state index contributed by atoms with van der Waals surface area (Å²) in [5.41, 5.74) is 7.99. The number of carbonyl (C=O) groups is 1. The maximum absolute atomic E-state index is 13.1. The molecule has 2 rings (SSSR count). The fourth-order valence-electron chi connectivity index (χ4n) is 3.24. The Labute approximate surface area is 221 Å². The second-order valence-electron chi connectivity index (χ2n) is 7.92. The minimum Gasteiger partial charge on any atom is -0.481 e. The third-order valence-electron chi connectivity index (χ3n) is 5.19. The summed E-state index contributed by atoms with van der Waals surface area (Å²) in [6.07, 6.45) is -2.49. The van der Waals surface area contributed by atoms with Crippen LogP contribution in [0.1, 0.15) is 25.3 Å². The number of nitrogens with two attached hydrogens (primary N) is 1. The van der Waals surface area contributed by atoms with Crippen LogP contribution in [0.3, 0.4) is 0 Å². The summed E-state index contributed by atoms with van der Waals surface area (Å²) < 4.78 is 59.5. The summed E-state index contributed by atoms with van der Waals surface area (Å²) in [5, 5.41) is 27.0. The van der Waals surface area contributed by atoms with E-state index in [0.29, 0.717) is 10.1 Å². The minimum atomic E-state index is -4.43. The number of hydrogen-bond acceptors (Lipinski definition) is 9. The normalized spacial score (nSPS) is 13.0. The van der Waals surface area contributed by atoms with E-state index >= 15 is 0 Å². The van der Waals surface area contributed by atoms with Crippen molar-refractivity contribution in [3.8, 4) is 17.6 Å². The van der Waals surface area contributed by atoms with Crippen LogP contribution in [0.25, 0.3) is 0 Å². The fourth-order valence-corrected chi connectivity index (χ4v) is 5.92. The molecule has 0 bridgehead atoms. The first-order valence-corrected chi connectivity index (χ1v) is 14.0. The number of nitrogens with zero attached hydrogens (tertiary/aromatic N) is 1. The zero-order chi connectivity index (χ0) is 28.5. The number of benzene rings is 2. The third-order valence-corrected chi connectivity index (χ3v) is 8.52. The van der Waals surface area contributed by atoms with Gasteiger partial charge in [-0.25, -0.2) is 21.1 Å². The summed E-state index contributed by atoms with van der Waals surface area (Å²) in [7, 11) is -8.74. The van der Waals surface area contributed by atoms with Gasteiger partial charge in [0.2, 0.25) is 16.0 Å². The van der Waals surface area contributed by atoms with Crippen LogP contribution in [-0.4, -0.2) is 62.2 Å². The average molecular weight is 568 g/mol. The summed E-state index contributed by atoms with van der Waals surface area (Å²) in [6, 6.07) is 9.14. The van der Waals surface area contributed by atoms with Gasteiger partial charge in [-0.3, -0.25) is 10.2 Å². The van der Waals surface area contributed by atoms with E-state index in [0.717, 1.165) is 5.56 Å². The van der Waals surface area contributed by atoms with E-state index in [2.05, 4.69) is 16.6 Å². The molecule has 0 aliphatic carbocycles. The molecule has 0 saturated heterocycles. The first-order chi connectivity index (χ1) is 17.8. The molecule has 0 aliphatic rings. The van der Waals surface area contributed by atoms with Crippen molar-refractivity contribution in [3.05, 3.63) is 54.1 Å². The molecule has 0 fully saturated rings. The number of ether oxygens (including phenoxy) is 1. The highest BCUT2D eigenvalue weighted by atomic mass is 32.2. The van der Waals surface area contributed by atoms with E-state index in [4.69, 9.17) is 15.9 Å². The highest BCUT2D eigenvalue weighted by molar-refractivity contribution is 7.90. The fraction of sp³-hybridized carbons (Fsp3) is 0.304. The smallest absolute Gasteiger partial charge is 0.321 e. The Morgan fingerprint density at radius 3 is 2.16 bits per heavy atom. The van der Waals surface area contributed by atoms with Crippen molar-refractivity contribution in [2.75, 3.05) is 6.61 Å². The van der Waals surface area contributed by atoms with Crippen LogP contribution in [0.4, 0.5) is 0 Å². The molecule has 38 heavy (non-hydrogen) atoms. The molecule has 0 aliphatic heterocycles. The van der Waals surface area contributed by atoms with Gasteiger partial charge in [-0.15, -0.1) is 5.92 Å². The van der Waals surface area contributed by atoms with Crippen LogP contribution in [0.15, 0.2) is 58.3 Å². The number of rotatable bonds is 13. The third kappa shape index (κ3) is 7.91. The van der Waals surface area contributed by atoms with E-state index < -0.39 is 57.0 Å². The summed E-state index contributed by atoms with van der Waals surface area (Å²) >= 11 is 0. The predicted molar refractivity (Wildman–Crippen MR) is 137 cm³/mol. The highest BCUT2D eigenvalue weighted by Gasteiger charge is 2.34. The molecule has 0 saturated carbocycles. The number of nitrogens with one attached hydrogen (secondary N) is 3. The van der Waals surface area contributed by atoms with Crippen molar-refractivity contribution in [2.24, 2.45) is 5.73 Å². The van der Waals surface area contributed by atoms with Crippen LogP contribution in [0.5, 0.6) is 5.75 Å². The minimum absolute atomic E-state index is 0.110. The van der Waals surface area contributed by atoms with Crippen LogP contribution in [0.2, 0.25) is 0 Å². The largest absolute Gasteiger partial charge is 0.481 e. The Morgan fingerprint density at radius 1 is 1.08 bits per heavy atom. The lowest BCUT2D eigenvalue weighted by Gasteiger charge is -2.30. The second kappa shape index (κ2) is 13.2. The topological polar surface area (TPSA) is 212 Å². The maximum Gasteiger partial charge on any atom is 0.321 e. The van der Waals surface area contributed by atoms with Crippen molar-refractivity contribution >= 4 is 32.0 Å². The molecule has 0 heterocycles. The number of guanidine groups is 1. The predicted octanol–water partition coefficient (Wildman–Crippen LogP) is 0.798. The van der Waals surface area contributed by atoms with Crippen molar-refractivity contribution < 1.29 is 36.7 Å². The molecule has 0 radical (unpaired) electrons. The molecule has 2 aromatic carbocycles. The zero-order valence-corrected chi connectivity index (χ0v) is 22.2. The SMILES string of the molecule is CC#CCOc1ccc(S(=O)(=O)NC(CCC(NO)N(C(=N)N)S(=O)(=O)c2ccc(C)cc2)C(=O)O)cc1. The van der Waals surface area contributed by atoms with Gasteiger partial charge in [-0.2, -0.15) is 10.2 Å². The molecule has 206 valence electrons. The van der Waals surface area contributed by atoms with Gasteiger partial charge in [0, 0.05) is 0 Å². The number of sulfonamides is 2. The van der Waals surface area contributed by atoms with Gasteiger partial charge in [-0.1, -0.05) is 23.6 Å². The maximum atomic E-state index is 13.1. The lowest BCUT2D eigenvalue weighted by atomic mass is 10.1. The Balaban J connectivity index is 2.21. The number of carboxylic acids is 1. The van der Waals surface area contributed by atoms with Crippen LogP contribution in [-0.2, 0) is 24.8 Å². The van der Waals surface area contributed by atoms with Crippen LogP contribution < -0.4 is 20.7 Å². The lowest BCUT2D eigenvalue weighted by molar-refractivity contribution is -0.139. The van der Waals surface area contributed by atoms with Crippen molar-refractivity contribution in [2.45, 2.75) is 48.7 Å². The number of aliphatic carboxylic acids is 1. The van der Waals surface area contributed by atoms with Gasteiger partial charge in [0.15, 0.2) is 0 Å². The quantitative estimate of drug-likeness (QED) is 0.0658. The van der Waals surface area contributed by atoms with Crippen LogP contribution in [0, 0.1) is 24.2 Å². The van der Waals surface area contributed by atoms with Gasteiger partial charge in [0.1, 0.15) is 24.6 Å². The Bertz CT molecular complexity index is 1400. The molecular weight excluding hydrogens is 538 g/mol. The summed E-state index contributed by atoms with van der Waals surface area (Å²) in [5.74, 6) is 3.21. The zero-order valence-electron chi connectivity index (χ0n) is 20.6. The van der Waals surface area contributed by atoms with Crippen molar-refractivity contribution in [1.82, 2.24) is 14.5 Å². The summed E-state index contributed by atoms with van der Waals surface area (Å²) in [4.78, 5) is 11.4. The Kier molecular flexibility index (Phi) is 10.6. The molecule has 2 aromatic rings. The first-order valence-electron chi connectivity index (χ1n) is 11.1. The number of hydroxylamine groups is 1. The molecule has 0 amide bonds. The molecule has 2 unspecified atom stereocenters. The molecule has 15 heteroatoms. The van der Waals surface area contributed by atoms with Crippen LogP contribution >= 0.6 is 0 Å². The molecule has 0 spiro atoms. The van der Waals surface area contributed by atoms with Crippen molar-refractivity contribution in [1.29, 1.82) is 5.41 Å². The molecule has 0 aromatic heterocycles. The van der Waals surface area contributed by atoms with E-state index in [1.165, 1.54) is 48.5 Å². The molecule has 7 N–H and O–H groups in total. The second-order valence-corrected chi connectivity index (χ2v) is 11.4. The van der Waals surface area contributed by atoms with E-state index in [1.54, 1.807) is 19.3 Å². The Morgan fingerprint density at radius 2 is 1.66 bits per heavy atom. The van der Waals surface area contributed by atoms with Crippen molar-refractivity contribution in [3.63, 3.8) is 0 Å². The molecule has 2 atom stereocenters. The number of carboxylic acid groups (broad SMARTS) is 1. The number of hydrogen-bond donors (Lipinski definition) is 6. The molecular formula is C23H29N5O8S2. The summed E-state index contributed by atoms with van der Waals surface area (Å²) in [6.45, 7) is 3.50. The number of aryl methyl sites for hydroxylation is 1.